The van der Waals surface area contributed by atoms with Gasteiger partial charge < -0.3 is 11.1 Å². The van der Waals surface area contributed by atoms with Gasteiger partial charge in [-0.2, -0.15) is 0 Å². The minimum absolute atomic E-state index is 0.218. The van der Waals surface area contributed by atoms with Crippen LogP contribution in [0.25, 0.3) is 0 Å². The maximum Gasteiger partial charge on any atom is 0.158 e. The van der Waals surface area contributed by atoms with Crippen LogP contribution in [0.4, 0.5) is 17.2 Å². The molecule has 0 aliphatic rings. The minimum atomic E-state index is 0.218. The second kappa shape index (κ2) is 5.08. The monoisotopic (exact) mass is 332 g/mol. The van der Waals surface area contributed by atoms with Gasteiger partial charge >= 0.3 is 0 Å². The summed E-state index contributed by atoms with van der Waals surface area (Å²) >= 11 is 15.0. The van der Waals surface area contributed by atoms with E-state index in [-0.39, 0.29) is 5.15 Å². The van der Waals surface area contributed by atoms with E-state index in [1.54, 1.807) is 6.07 Å². The molecule has 0 bridgehead atoms. The van der Waals surface area contributed by atoms with Crippen molar-refractivity contribution in [2.45, 2.75) is 0 Å². The summed E-state index contributed by atoms with van der Waals surface area (Å²) < 4.78 is 0.780. The molecule has 7 heteroatoms. The van der Waals surface area contributed by atoms with E-state index < -0.39 is 0 Å². The van der Waals surface area contributed by atoms with Crippen molar-refractivity contribution in [3.8, 4) is 0 Å². The van der Waals surface area contributed by atoms with Gasteiger partial charge in [0.25, 0.3) is 0 Å². The highest BCUT2D eigenvalue weighted by atomic mass is 79.9. The summed E-state index contributed by atoms with van der Waals surface area (Å²) in [6, 6.07) is 5.38. The molecule has 0 spiro atoms. The zero-order valence-corrected chi connectivity index (χ0v) is 11.5. The van der Waals surface area contributed by atoms with Gasteiger partial charge in [0.1, 0.15) is 12.0 Å². The molecule has 1 heterocycles. The number of anilines is 3. The number of benzene rings is 1. The van der Waals surface area contributed by atoms with Crippen LogP contribution < -0.4 is 11.1 Å². The molecular formula is C10H7BrCl2N4. The molecule has 4 nitrogen and oxygen atoms in total. The summed E-state index contributed by atoms with van der Waals surface area (Å²) in [5.74, 6) is 0.458. The Bertz CT molecular complexity index is 562. The zero-order valence-electron chi connectivity index (χ0n) is 8.42. The Kier molecular flexibility index (Phi) is 3.71. The summed E-state index contributed by atoms with van der Waals surface area (Å²) in [7, 11) is 0. The van der Waals surface area contributed by atoms with Crippen LogP contribution in [0.1, 0.15) is 0 Å². The van der Waals surface area contributed by atoms with Gasteiger partial charge in [0, 0.05) is 10.2 Å². The molecule has 0 unspecified atom stereocenters. The first-order chi connectivity index (χ1) is 8.08. The summed E-state index contributed by atoms with van der Waals surface area (Å²) in [6.45, 7) is 0. The van der Waals surface area contributed by atoms with Crippen molar-refractivity contribution in [3.05, 3.63) is 39.2 Å². The van der Waals surface area contributed by atoms with Crippen molar-refractivity contribution in [3.63, 3.8) is 0 Å². The van der Waals surface area contributed by atoms with Crippen molar-refractivity contribution in [2.24, 2.45) is 0 Å². The van der Waals surface area contributed by atoms with Gasteiger partial charge in [-0.15, -0.1) is 0 Å². The lowest BCUT2D eigenvalue weighted by molar-refractivity contribution is 1.17. The molecule has 0 fully saturated rings. The van der Waals surface area contributed by atoms with E-state index in [1.165, 1.54) is 6.33 Å². The lowest BCUT2D eigenvalue weighted by Crippen LogP contribution is -2.00. The third-order valence-corrected chi connectivity index (χ3v) is 3.53. The van der Waals surface area contributed by atoms with Gasteiger partial charge in [-0.3, -0.25) is 0 Å². The van der Waals surface area contributed by atoms with Crippen LogP contribution in [-0.2, 0) is 0 Å². The van der Waals surface area contributed by atoms with Crippen LogP contribution in [0, 0.1) is 0 Å². The molecular weight excluding hydrogens is 327 g/mol. The van der Waals surface area contributed by atoms with Gasteiger partial charge in [0.15, 0.2) is 11.0 Å². The van der Waals surface area contributed by atoms with Crippen LogP contribution in [0.2, 0.25) is 10.2 Å². The average Bonchev–Trinajstić information content (AvgIpc) is 2.30. The maximum atomic E-state index is 5.89. The Hall–Kier alpha value is -1.04. The first-order valence-electron chi connectivity index (χ1n) is 4.56. The molecule has 0 saturated heterocycles. The van der Waals surface area contributed by atoms with E-state index in [0.29, 0.717) is 16.5 Å². The number of nitrogen functional groups attached to an aromatic ring is 1. The van der Waals surface area contributed by atoms with Crippen molar-refractivity contribution in [2.75, 3.05) is 11.1 Å². The number of nitrogens with two attached hydrogens (primary N) is 1. The van der Waals surface area contributed by atoms with Crippen LogP contribution in [0.5, 0.6) is 0 Å². The molecule has 0 radical (unpaired) electrons. The highest BCUT2D eigenvalue weighted by Crippen LogP contribution is 2.29. The second-order valence-corrected chi connectivity index (χ2v) is 4.80. The molecule has 0 saturated carbocycles. The van der Waals surface area contributed by atoms with Gasteiger partial charge in [-0.05, 0) is 34.1 Å². The summed E-state index contributed by atoms with van der Waals surface area (Å²) in [4.78, 5) is 7.78. The van der Waals surface area contributed by atoms with Crippen molar-refractivity contribution in [1.82, 2.24) is 9.97 Å². The van der Waals surface area contributed by atoms with Gasteiger partial charge in [0.2, 0.25) is 0 Å². The van der Waals surface area contributed by atoms with Crippen LogP contribution in [0.15, 0.2) is 29.0 Å². The zero-order chi connectivity index (χ0) is 12.4. The fourth-order valence-corrected chi connectivity index (χ4v) is 1.81. The standard InChI is InChI=1S/C10H7BrCl2N4/c11-6-3-5(1-2-7(6)12)17-10-8(14)9(13)15-4-16-10/h1-4H,14H2,(H,15,16,17). The molecule has 2 aromatic rings. The summed E-state index contributed by atoms with van der Waals surface area (Å²) in [6.07, 6.45) is 1.34. The number of hydrogen-bond acceptors (Lipinski definition) is 4. The number of aromatic nitrogens is 2. The first kappa shape index (κ1) is 12.4. The highest BCUT2D eigenvalue weighted by Gasteiger charge is 2.06. The topological polar surface area (TPSA) is 63.8 Å². The predicted molar refractivity (Wildman–Crippen MR) is 73.9 cm³/mol. The molecule has 2 rings (SSSR count). The van der Waals surface area contributed by atoms with Crippen LogP contribution in [-0.4, -0.2) is 9.97 Å². The number of hydrogen-bond donors (Lipinski definition) is 2. The SMILES string of the molecule is Nc1c(Cl)ncnc1Nc1ccc(Cl)c(Br)c1. The van der Waals surface area contributed by atoms with Crippen molar-refractivity contribution in [1.29, 1.82) is 0 Å². The molecule has 0 aliphatic carbocycles. The smallest absolute Gasteiger partial charge is 0.158 e. The molecule has 1 aromatic carbocycles. The fraction of sp³-hybridized carbons (Fsp3) is 0. The molecule has 88 valence electrons. The van der Waals surface area contributed by atoms with Gasteiger partial charge in [0.05, 0.1) is 5.02 Å². The minimum Gasteiger partial charge on any atom is -0.393 e. The van der Waals surface area contributed by atoms with Crippen molar-refractivity contribution >= 4 is 56.3 Å². The van der Waals surface area contributed by atoms with Gasteiger partial charge in [-0.1, -0.05) is 23.2 Å². The van der Waals surface area contributed by atoms with E-state index in [9.17, 15) is 0 Å². The Balaban J connectivity index is 2.31. The summed E-state index contributed by atoms with van der Waals surface area (Å²) in [5.41, 5.74) is 6.84. The third kappa shape index (κ3) is 2.80. The molecule has 0 amide bonds. The second-order valence-electron chi connectivity index (χ2n) is 3.18. The molecule has 0 atom stereocenters. The average molecular weight is 334 g/mol. The number of rotatable bonds is 2. The fourth-order valence-electron chi connectivity index (χ4n) is 1.18. The quantitative estimate of drug-likeness (QED) is 0.819. The van der Waals surface area contributed by atoms with Crippen LogP contribution in [0.3, 0.4) is 0 Å². The van der Waals surface area contributed by atoms with E-state index in [0.717, 1.165) is 10.2 Å². The lowest BCUT2D eigenvalue weighted by atomic mass is 10.3. The largest absolute Gasteiger partial charge is 0.393 e. The van der Waals surface area contributed by atoms with E-state index in [4.69, 9.17) is 28.9 Å². The Morgan fingerprint density at radius 2 is 2.00 bits per heavy atom. The Morgan fingerprint density at radius 3 is 2.71 bits per heavy atom. The van der Waals surface area contributed by atoms with Gasteiger partial charge in [-0.25, -0.2) is 9.97 Å². The van der Waals surface area contributed by atoms with E-state index in [1.807, 2.05) is 12.1 Å². The lowest BCUT2D eigenvalue weighted by Gasteiger charge is -2.09. The highest BCUT2D eigenvalue weighted by molar-refractivity contribution is 9.10. The molecule has 1 aromatic heterocycles. The molecule has 17 heavy (non-hydrogen) atoms. The van der Waals surface area contributed by atoms with Crippen LogP contribution >= 0.6 is 39.1 Å². The number of halogens is 3. The normalized spacial score (nSPS) is 10.3. The van der Waals surface area contributed by atoms with E-state index in [2.05, 4.69) is 31.2 Å². The number of nitrogens with zero attached hydrogens (tertiary/aromatic N) is 2. The molecule has 0 aliphatic heterocycles. The first-order valence-corrected chi connectivity index (χ1v) is 6.11. The summed E-state index contributed by atoms with van der Waals surface area (Å²) in [5, 5.41) is 3.88. The Morgan fingerprint density at radius 1 is 1.24 bits per heavy atom. The van der Waals surface area contributed by atoms with Crippen molar-refractivity contribution < 1.29 is 0 Å². The Labute approximate surface area is 116 Å². The van der Waals surface area contributed by atoms with E-state index >= 15 is 0 Å². The molecule has 3 N–H and O–H groups in total. The third-order valence-electron chi connectivity index (χ3n) is 2.02. The number of nitrogens with one attached hydrogen (secondary N) is 1. The maximum absolute atomic E-state index is 5.89. The predicted octanol–water partition coefficient (Wildman–Crippen LogP) is 3.87.